The van der Waals surface area contributed by atoms with Crippen molar-refractivity contribution in [3.05, 3.63) is 59.3 Å². The predicted octanol–water partition coefficient (Wildman–Crippen LogP) is 1.90. The molecule has 0 saturated heterocycles. The van der Waals surface area contributed by atoms with Gasteiger partial charge in [-0.2, -0.15) is 0 Å². The van der Waals surface area contributed by atoms with E-state index in [9.17, 15) is 4.79 Å². The highest BCUT2D eigenvalue weighted by Crippen LogP contribution is 2.05. The van der Waals surface area contributed by atoms with Gasteiger partial charge in [0.2, 0.25) is 0 Å². The smallest absolute Gasteiger partial charge is 0.251 e. The fourth-order valence-electron chi connectivity index (χ4n) is 1.70. The van der Waals surface area contributed by atoms with Gasteiger partial charge in [-0.15, -0.1) is 0 Å². The third-order valence-corrected chi connectivity index (χ3v) is 2.58. The summed E-state index contributed by atoms with van der Waals surface area (Å²) in [5, 5.41) is 2.85. The summed E-state index contributed by atoms with van der Waals surface area (Å²) >= 11 is 0. The summed E-state index contributed by atoms with van der Waals surface area (Å²) in [6.45, 7) is 2.53. The van der Waals surface area contributed by atoms with Crippen LogP contribution in [0, 0.1) is 6.92 Å². The molecule has 1 amide bonds. The quantitative estimate of drug-likeness (QED) is 0.862. The molecule has 92 valence electrons. The van der Waals surface area contributed by atoms with Gasteiger partial charge in [0, 0.05) is 18.3 Å². The minimum absolute atomic E-state index is 0.148. The van der Waals surface area contributed by atoms with Crippen LogP contribution in [0.15, 0.2) is 42.6 Å². The molecule has 0 bridgehead atoms. The molecule has 18 heavy (non-hydrogen) atoms. The van der Waals surface area contributed by atoms with E-state index in [1.807, 2.05) is 31.2 Å². The summed E-state index contributed by atoms with van der Waals surface area (Å²) in [6, 6.07) is 11.2. The number of amides is 1. The van der Waals surface area contributed by atoms with Crippen LogP contribution in [0.4, 0.5) is 5.82 Å². The largest absolute Gasteiger partial charge is 0.384 e. The van der Waals surface area contributed by atoms with Gasteiger partial charge in [-0.1, -0.05) is 29.8 Å². The topological polar surface area (TPSA) is 68.0 Å². The Hall–Kier alpha value is -2.36. The molecule has 1 aromatic heterocycles. The van der Waals surface area contributed by atoms with Gasteiger partial charge in [-0.05, 0) is 24.6 Å². The van der Waals surface area contributed by atoms with E-state index >= 15 is 0 Å². The van der Waals surface area contributed by atoms with E-state index in [1.165, 1.54) is 11.8 Å². The number of hydrogen-bond acceptors (Lipinski definition) is 3. The average molecular weight is 241 g/mol. The number of rotatable bonds is 3. The molecular formula is C14H15N3O. The molecule has 1 aromatic carbocycles. The Labute approximate surface area is 106 Å². The molecule has 0 atom stereocenters. The maximum atomic E-state index is 11.9. The molecule has 0 spiro atoms. The van der Waals surface area contributed by atoms with Gasteiger partial charge in [0.05, 0.1) is 0 Å². The van der Waals surface area contributed by atoms with E-state index in [0.29, 0.717) is 17.9 Å². The number of nitrogen functional groups attached to an aromatic ring is 1. The molecule has 1 heterocycles. The van der Waals surface area contributed by atoms with Crippen LogP contribution in [0.1, 0.15) is 21.5 Å². The lowest BCUT2D eigenvalue weighted by Crippen LogP contribution is -2.23. The van der Waals surface area contributed by atoms with Gasteiger partial charge in [0.15, 0.2) is 0 Å². The van der Waals surface area contributed by atoms with Gasteiger partial charge < -0.3 is 11.1 Å². The maximum Gasteiger partial charge on any atom is 0.251 e. The normalized spacial score (nSPS) is 10.1. The van der Waals surface area contributed by atoms with Crippen molar-refractivity contribution in [2.45, 2.75) is 13.5 Å². The number of pyridine rings is 1. The summed E-state index contributed by atoms with van der Waals surface area (Å²) in [5.41, 5.74) is 8.31. The molecule has 0 aliphatic carbocycles. The van der Waals surface area contributed by atoms with Crippen molar-refractivity contribution in [1.29, 1.82) is 0 Å². The first-order valence-electron chi connectivity index (χ1n) is 5.70. The molecule has 2 rings (SSSR count). The van der Waals surface area contributed by atoms with Crippen LogP contribution in [-0.4, -0.2) is 10.9 Å². The lowest BCUT2D eigenvalue weighted by molar-refractivity contribution is 0.0951. The number of aromatic nitrogens is 1. The number of nitrogens with one attached hydrogen (secondary N) is 1. The summed E-state index contributed by atoms with van der Waals surface area (Å²) in [5.74, 6) is 0.198. The molecule has 3 N–H and O–H groups in total. The fourth-order valence-corrected chi connectivity index (χ4v) is 1.70. The second-order valence-electron chi connectivity index (χ2n) is 4.14. The molecule has 0 unspecified atom stereocenters. The first-order valence-corrected chi connectivity index (χ1v) is 5.70. The van der Waals surface area contributed by atoms with Crippen molar-refractivity contribution >= 4 is 11.7 Å². The second kappa shape index (κ2) is 5.31. The van der Waals surface area contributed by atoms with Gasteiger partial charge in [0.1, 0.15) is 5.82 Å². The summed E-state index contributed by atoms with van der Waals surface area (Å²) < 4.78 is 0. The van der Waals surface area contributed by atoms with Crippen molar-refractivity contribution in [2.75, 3.05) is 5.73 Å². The van der Waals surface area contributed by atoms with Crippen molar-refractivity contribution in [3.63, 3.8) is 0 Å². The molecule has 0 fully saturated rings. The Morgan fingerprint density at radius 2 is 2.17 bits per heavy atom. The monoisotopic (exact) mass is 241 g/mol. The van der Waals surface area contributed by atoms with Crippen molar-refractivity contribution < 1.29 is 4.79 Å². The van der Waals surface area contributed by atoms with Crippen LogP contribution in [0.5, 0.6) is 0 Å². The third kappa shape index (κ3) is 3.07. The van der Waals surface area contributed by atoms with Crippen LogP contribution in [-0.2, 0) is 6.54 Å². The number of carbonyl (C=O) groups is 1. The van der Waals surface area contributed by atoms with Crippen molar-refractivity contribution in [1.82, 2.24) is 10.3 Å². The zero-order valence-electron chi connectivity index (χ0n) is 10.2. The van der Waals surface area contributed by atoms with Crippen molar-refractivity contribution in [2.24, 2.45) is 0 Å². The highest BCUT2D eigenvalue weighted by molar-refractivity contribution is 5.94. The minimum Gasteiger partial charge on any atom is -0.384 e. The predicted molar refractivity (Wildman–Crippen MR) is 71.0 cm³/mol. The number of carbonyl (C=O) groups excluding carboxylic acids is 1. The van der Waals surface area contributed by atoms with E-state index in [2.05, 4.69) is 10.3 Å². The maximum absolute atomic E-state index is 11.9. The highest BCUT2D eigenvalue weighted by atomic mass is 16.1. The van der Waals surface area contributed by atoms with Gasteiger partial charge >= 0.3 is 0 Å². The van der Waals surface area contributed by atoms with E-state index in [4.69, 9.17) is 5.73 Å². The Bertz CT molecular complexity index is 566. The first-order chi connectivity index (χ1) is 8.65. The standard InChI is InChI=1S/C14H15N3O/c1-10-3-2-4-11(7-10)9-17-14(18)12-5-6-16-13(15)8-12/h2-8H,9H2,1H3,(H2,15,16)(H,17,18). The number of hydrogen-bond donors (Lipinski definition) is 2. The number of benzene rings is 1. The molecular weight excluding hydrogens is 226 g/mol. The molecule has 0 saturated carbocycles. The fraction of sp³-hybridized carbons (Fsp3) is 0.143. The Morgan fingerprint density at radius 3 is 2.89 bits per heavy atom. The molecule has 4 nitrogen and oxygen atoms in total. The number of nitrogens with two attached hydrogens (primary N) is 1. The third-order valence-electron chi connectivity index (χ3n) is 2.58. The number of aryl methyl sites for hydroxylation is 1. The van der Waals surface area contributed by atoms with Crippen LogP contribution in [0.25, 0.3) is 0 Å². The molecule has 0 aliphatic heterocycles. The molecule has 0 radical (unpaired) electrons. The number of anilines is 1. The first kappa shape index (κ1) is 12.1. The van der Waals surface area contributed by atoms with Crippen LogP contribution in [0.2, 0.25) is 0 Å². The van der Waals surface area contributed by atoms with E-state index in [1.54, 1.807) is 12.1 Å². The Balaban J connectivity index is 2.00. The minimum atomic E-state index is -0.148. The Morgan fingerprint density at radius 1 is 1.33 bits per heavy atom. The second-order valence-corrected chi connectivity index (χ2v) is 4.14. The lowest BCUT2D eigenvalue weighted by atomic mass is 10.1. The summed E-state index contributed by atoms with van der Waals surface area (Å²) in [6.07, 6.45) is 1.52. The summed E-state index contributed by atoms with van der Waals surface area (Å²) in [7, 11) is 0. The van der Waals surface area contributed by atoms with Gasteiger partial charge in [-0.25, -0.2) is 4.98 Å². The number of nitrogens with zero attached hydrogens (tertiary/aromatic N) is 1. The molecule has 0 aliphatic rings. The van der Waals surface area contributed by atoms with E-state index in [-0.39, 0.29) is 5.91 Å². The van der Waals surface area contributed by atoms with Crippen molar-refractivity contribution in [3.8, 4) is 0 Å². The highest BCUT2D eigenvalue weighted by Gasteiger charge is 2.05. The zero-order chi connectivity index (χ0) is 13.0. The van der Waals surface area contributed by atoms with E-state index < -0.39 is 0 Å². The SMILES string of the molecule is Cc1cccc(CNC(=O)c2ccnc(N)c2)c1. The average Bonchev–Trinajstić information content (AvgIpc) is 2.36. The summed E-state index contributed by atoms with van der Waals surface area (Å²) in [4.78, 5) is 15.7. The van der Waals surface area contributed by atoms with Gasteiger partial charge in [-0.3, -0.25) is 4.79 Å². The van der Waals surface area contributed by atoms with Crippen LogP contribution in [0.3, 0.4) is 0 Å². The van der Waals surface area contributed by atoms with Crippen LogP contribution >= 0.6 is 0 Å². The zero-order valence-corrected chi connectivity index (χ0v) is 10.2. The van der Waals surface area contributed by atoms with Crippen LogP contribution < -0.4 is 11.1 Å². The lowest BCUT2D eigenvalue weighted by Gasteiger charge is -2.06. The van der Waals surface area contributed by atoms with E-state index in [0.717, 1.165) is 5.56 Å². The molecule has 2 aromatic rings. The van der Waals surface area contributed by atoms with Gasteiger partial charge in [0.25, 0.3) is 5.91 Å². The molecule has 4 heteroatoms. The Kier molecular flexibility index (Phi) is 3.57.